The van der Waals surface area contributed by atoms with E-state index in [0.29, 0.717) is 36.6 Å². The molecule has 1 aromatic heterocycles. The van der Waals surface area contributed by atoms with E-state index in [1.54, 1.807) is 36.5 Å². The number of hydrogen-bond acceptors (Lipinski definition) is 4. The maximum Gasteiger partial charge on any atom is 0.239 e. The summed E-state index contributed by atoms with van der Waals surface area (Å²) in [6.45, 7) is 1.57. The van der Waals surface area contributed by atoms with Crippen LogP contribution in [0, 0.1) is 5.82 Å². The third-order valence-corrected chi connectivity index (χ3v) is 3.97. The number of nitrogens with one attached hydrogen (secondary N) is 2. The molecule has 130 valence electrons. The Morgan fingerprint density at radius 1 is 1.28 bits per heavy atom. The van der Waals surface area contributed by atoms with E-state index in [9.17, 15) is 14.0 Å². The fourth-order valence-corrected chi connectivity index (χ4v) is 2.65. The van der Waals surface area contributed by atoms with Crippen molar-refractivity contribution >= 4 is 23.3 Å². The second-order valence-corrected chi connectivity index (χ2v) is 5.82. The van der Waals surface area contributed by atoms with Gasteiger partial charge in [-0.1, -0.05) is 18.2 Å². The van der Waals surface area contributed by atoms with Crippen LogP contribution in [-0.4, -0.2) is 36.4 Å². The van der Waals surface area contributed by atoms with Crippen LogP contribution >= 0.6 is 0 Å². The van der Waals surface area contributed by atoms with Gasteiger partial charge in [-0.2, -0.15) is 0 Å². The molecule has 1 aliphatic heterocycles. The van der Waals surface area contributed by atoms with Gasteiger partial charge < -0.3 is 15.5 Å². The fourth-order valence-electron chi connectivity index (χ4n) is 2.65. The van der Waals surface area contributed by atoms with Crippen LogP contribution in [0.25, 0.3) is 0 Å². The molecule has 3 rings (SSSR count). The van der Waals surface area contributed by atoms with E-state index >= 15 is 0 Å². The molecule has 2 N–H and O–H groups in total. The summed E-state index contributed by atoms with van der Waals surface area (Å²) in [4.78, 5) is 29.6. The molecule has 7 heteroatoms. The Labute approximate surface area is 145 Å². The van der Waals surface area contributed by atoms with Crippen molar-refractivity contribution in [3.63, 3.8) is 0 Å². The summed E-state index contributed by atoms with van der Waals surface area (Å²) in [6, 6.07) is 9.95. The van der Waals surface area contributed by atoms with E-state index in [-0.39, 0.29) is 30.6 Å². The second kappa shape index (κ2) is 7.74. The maximum absolute atomic E-state index is 13.5. The van der Waals surface area contributed by atoms with Gasteiger partial charge in [0.05, 0.1) is 18.4 Å². The molecule has 0 aliphatic carbocycles. The average Bonchev–Trinajstić information content (AvgIpc) is 2.62. The van der Waals surface area contributed by atoms with Crippen molar-refractivity contribution in [2.45, 2.75) is 12.8 Å². The molecule has 1 saturated heterocycles. The van der Waals surface area contributed by atoms with Crippen molar-refractivity contribution in [3.05, 3.63) is 54.0 Å². The van der Waals surface area contributed by atoms with Crippen LogP contribution in [0.2, 0.25) is 0 Å². The topological polar surface area (TPSA) is 74.3 Å². The van der Waals surface area contributed by atoms with Gasteiger partial charge in [0.15, 0.2) is 0 Å². The van der Waals surface area contributed by atoms with Gasteiger partial charge >= 0.3 is 0 Å². The van der Waals surface area contributed by atoms with E-state index in [1.807, 2.05) is 4.90 Å². The zero-order chi connectivity index (χ0) is 17.6. The Morgan fingerprint density at radius 2 is 2.12 bits per heavy atom. The summed E-state index contributed by atoms with van der Waals surface area (Å²) in [5, 5.41) is 5.51. The number of halogens is 1. The Kier molecular flexibility index (Phi) is 5.23. The zero-order valence-corrected chi connectivity index (χ0v) is 13.7. The Bertz CT molecular complexity index is 764. The first-order chi connectivity index (χ1) is 12.1. The van der Waals surface area contributed by atoms with E-state index < -0.39 is 0 Å². The van der Waals surface area contributed by atoms with Gasteiger partial charge in [0.25, 0.3) is 0 Å². The molecule has 0 atom stereocenters. The lowest BCUT2D eigenvalue weighted by atomic mass is 10.1. The molecule has 1 aromatic carbocycles. The number of rotatable bonds is 5. The molecule has 6 nitrogen and oxygen atoms in total. The molecule has 0 saturated carbocycles. The molecular weight excluding hydrogens is 323 g/mol. The van der Waals surface area contributed by atoms with Crippen LogP contribution in [0.15, 0.2) is 42.6 Å². The third-order valence-electron chi connectivity index (χ3n) is 3.97. The number of aromatic nitrogens is 1. The van der Waals surface area contributed by atoms with Crippen molar-refractivity contribution in [1.82, 2.24) is 10.3 Å². The second-order valence-electron chi connectivity index (χ2n) is 5.82. The normalized spacial score (nSPS) is 14.1. The molecule has 1 aliphatic rings. The Hall–Kier alpha value is -2.96. The van der Waals surface area contributed by atoms with Gasteiger partial charge in [0, 0.05) is 19.5 Å². The van der Waals surface area contributed by atoms with Gasteiger partial charge in [-0.15, -0.1) is 0 Å². The summed E-state index contributed by atoms with van der Waals surface area (Å²) in [5.41, 5.74) is 1.10. The molecule has 25 heavy (non-hydrogen) atoms. The lowest BCUT2D eigenvalue weighted by Crippen LogP contribution is -2.48. The lowest BCUT2D eigenvalue weighted by Gasteiger charge is -2.27. The fraction of sp³-hybridized carbons (Fsp3) is 0.278. The van der Waals surface area contributed by atoms with Crippen LogP contribution < -0.4 is 15.5 Å². The van der Waals surface area contributed by atoms with Crippen molar-refractivity contribution in [2.75, 3.05) is 29.9 Å². The van der Waals surface area contributed by atoms with E-state index in [4.69, 9.17) is 0 Å². The predicted octanol–water partition coefficient (Wildman–Crippen LogP) is 1.73. The Morgan fingerprint density at radius 3 is 2.84 bits per heavy atom. The van der Waals surface area contributed by atoms with Gasteiger partial charge in [-0.25, -0.2) is 9.37 Å². The summed E-state index contributed by atoms with van der Waals surface area (Å²) < 4.78 is 13.5. The molecule has 1 fully saturated rings. The largest absolute Gasteiger partial charge is 0.353 e. The van der Waals surface area contributed by atoms with Crippen molar-refractivity contribution < 1.29 is 14.0 Å². The highest BCUT2D eigenvalue weighted by Crippen LogP contribution is 2.15. The number of carbonyl (C=O) groups excluding carboxylic acids is 2. The number of pyridine rings is 1. The maximum atomic E-state index is 13.5. The number of hydrogen-bond donors (Lipinski definition) is 2. The average molecular weight is 342 g/mol. The number of nitrogens with zero attached hydrogens (tertiary/aromatic N) is 2. The molecule has 0 unspecified atom stereocenters. The van der Waals surface area contributed by atoms with E-state index in [1.165, 1.54) is 6.07 Å². The lowest BCUT2D eigenvalue weighted by molar-refractivity contribution is -0.120. The summed E-state index contributed by atoms with van der Waals surface area (Å²) in [7, 11) is 0. The first-order valence-corrected chi connectivity index (χ1v) is 8.13. The molecule has 0 bridgehead atoms. The minimum Gasteiger partial charge on any atom is -0.353 e. The monoisotopic (exact) mass is 342 g/mol. The number of benzene rings is 1. The molecule has 0 radical (unpaired) electrons. The van der Waals surface area contributed by atoms with Crippen LogP contribution in [0.3, 0.4) is 0 Å². The Balaban J connectivity index is 1.53. The summed E-state index contributed by atoms with van der Waals surface area (Å²) in [5.74, 6) is 0.167. The van der Waals surface area contributed by atoms with Gasteiger partial charge in [-0.05, 0) is 30.2 Å². The number of piperazine rings is 1. The highest BCUT2D eigenvalue weighted by atomic mass is 19.1. The molecule has 0 spiro atoms. The number of carbonyl (C=O) groups is 2. The number of amides is 2. The summed E-state index contributed by atoms with van der Waals surface area (Å²) >= 11 is 0. The van der Waals surface area contributed by atoms with Gasteiger partial charge in [0.1, 0.15) is 11.6 Å². The third kappa shape index (κ3) is 4.53. The highest BCUT2D eigenvalue weighted by molar-refractivity contribution is 5.90. The molecule has 2 aromatic rings. The zero-order valence-electron chi connectivity index (χ0n) is 13.7. The smallest absolute Gasteiger partial charge is 0.239 e. The van der Waals surface area contributed by atoms with E-state index in [0.717, 1.165) is 0 Å². The minimum atomic E-state index is -0.299. The SMILES string of the molecule is O=C1CN(c2ccc(NC(=O)CCc3ccccc3F)cn2)CCN1. The summed E-state index contributed by atoms with van der Waals surface area (Å²) in [6.07, 6.45) is 2.09. The number of anilines is 2. The van der Waals surface area contributed by atoms with E-state index in [2.05, 4.69) is 15.6 Å². The van der Waals surface area contributed by atoms with Crippen LogP contribution in [0.1, 0.15) is 12.0 Å². The first kappa shape index (κ1) is 16.9. The molecule has 2 amide bonds. The van der Waals surface area contributed by atoms with Gasteiger partial charge in [0.2, 0.25) is 11.8 Å². The minimum absolute atomic E-state index is 0.0291. The van der Waals surface area contributed by atoms with Crippen molar-refractivity contribution in [1.29, 1.82) is 0 Å². The first-order valence-electron chi connectivity index (χ1n) is 8.13. The van der Waals surface area contributed by atoms with Crippen molar-refractivity contribution in [3.8, 4) is 0 Å². The van der Waals surface area contributed by atoms with Gasteiger partial charge in [-0.3, -0.25) is 9.59 Å². The van der Waals surface area contributed by atoms with Crippen LogP contribution in [0.4, 0.5) is 15.9 Å². The standard InChI is InChI=1S/C18H19FN4O2/c19-15-4-2-1-3-13(15)5-8-17(24)22-14-6-7-16(21-11-14)23-10-9-20-18(25)12-23/h1-4,6-7,11H,5,8-10,12H2,(H,20,25)(H,22,24). The quantitative estimate of drug-likeness (QED) is 0.868. The number of aryl methyl sites for hydroxylation is 1. The van der Waals surface area contributed by atoms with Crippen molar-refractivity contribution in [2.24, 2.45) is 0 Å². The highest BCUT2D eigenvalue weighted by Gasteiger charge is 2.17. The predicted molar refractivity (Wildman–Crippen MR) is 92.8 cm³/mol. The molecular formula is C18H19FN4O2. The van der Waals surface area contributed by atoms with Crippen LogP contribution in [0.5, 0.6) is 0 Å². The molecule has 2 heterocycles. The van der Waals surface area contributed by atoms with Crippen LogP contribution in [-0.2, 0) is 16.0 Å².